The van der Waals surface area contributed by atoms with Gasteiger partial charge in [0.2, 0.25) is 11.8 Å². The smallest absolute Gasteiger partial charge is 0.240 e. The number of amidine groups is 1. The minimum absolute atomic E-state index is 0.0437. The molecule has 0 saturated carbocycles. The van der Waals surface area contributed by atoms with E-state index in [9.17, 15) is 9.59 Å². The zero-order valence-electron chi connectivity index (χ0n) is 11.2. The van der Waals surface area contributed by atoms with Crippen LogP contribution in [0.2, 0.25) is 10.0 Å². The number of carbonyl (C=O) groups excluding carboxylic acids is 2. The molecule has 0 aliphatic carbocycles. The van der Waals surface area contributed by atoms with Crippen molar-refractivity contribution >= 4 is 57.6 Å². The Hall–Kier alpha value is -1.24. The van der Waals surface area contributed by atoms with Gasteiger partial charge in [0.1, 0.15) is 5.25 Å². The molecule has 2 N–H and O–H groups in total. The van der Waals surface area contributed by atoms with Crippen molar-refractivity contribution in [1.29, 1.82) is 0 Å². The Bertz CT molecular complexity index is 607. The van der Waals surface area contributed by atoms with Crippen LogP contribution in [-0.2, 0) is 9.59 Å². The highest BCUT2D eigenvalue weighted by Gasteiger charge is 2.31. The number of nitrogens with one attached hydrogen (secondary N) is 2. The van der Waals surface area contributed by atoms with Crippen LogP contribution in [0.4, 0.5) is 5.69 Å². The molecule has 1 atom stereocenters. The van der Waals surface area contributed by atoms with Crippen LogP contribution in [0.5, 0.6) is 0 Å². The van der Waals surface area contributed by atoms with Gasteiger partial charge in [-0.15, -0.1) is 0 Å². The molecular formula is C13H13Cl2N3O2S. The average Bonchev–Trinajstić information content (AvgIpc) is 2.76. The van der Waals surface area contributed by atoms with Gasteiger partial charge in [-0.3, -0.25) is 14.6 Å². The van der Waals surface area contributed by atoms with Crippen LogP contribution in [0.3, 0.4) is 0 Å². The van der Waals surface area contributed by atoms with Gasteiger partial charge in [-0.25, -0.2) is 0 Å². The van der Waals surface area contributed by atoms with Gasteiger partial charge in [0.25, 0.3) is 0 Å². The first-order valence-corrected chi connectivity index (χ1v) is 7.90. The maximum absolute atomic E-state index is 12.0. The van der Waals surface area contributed by atoms with Gasteiger partial charge in [0.05, 0.1) is 15.7 Å². The summed E-state index contributed by atoms with van der Waals surface area (Å²) in [5.41, 5.74) is 0.431. The highest BCUT2D eigenvalue weighted by atomic mass is 35.5. The number of benzene rings is 1. The summed E-state index contributed by atoms with van der Waals surface area (Å²) in [7, 11) is 0. The van der Waals surface area contributed by atoms with Crippen molar-refractivity contribution in [3.05, 3.63) is 28.2 Å². The van der Waals surface area contributed by atoms with Crippen molar-refractivity contribution in [1.82, 2.24) is 5.32 Å². The van der Waals surface area contributed by atoms with Crippen molar-refractivity contribution in [3.63, 3.8) is 0 Å². The lowest BCUT2D eigenvalue weighted by Crippen LogP contribution is -2.28. The van der Waals surface area contributed by atoms with Gasteiger partial charge in [0.15, 0.2) is 5.17 Å². The number of anilines is 1. The van der Waals surface area contributed by atoms with Gasteiger partial charge in [0, 0.05) is 13.0 Å². The van der Waals surface area contributed by atoms with E-state index in [0.29, 0.717) is 22.4 Å². The summed E-state index contributed by atoms with van der Waals surface area (Å²) in [5, 5.41) is 6.02. The summed E-state index contributed by atoms with van der Waals surface area (Å²) < 4.78 is 0. The lowest BCUT2D eigenvalue weighted by molar-refractivity contribution is -0.122. The number of aliphatic imine (C=N–C) groups is 1. The standard InChI is InChI=1S/C13H13Cl2N3O2S/c1-2-16-13-18-12(20)9(21-13)6-10(19)17-8-5-3-4-7(14)11(8)15/h3-5,9H,2,6H2,1H3,(H,17,19)(H,16,18,20)/t9-/m1/s1. The maximum atomic E-state index is 12.0. The Kier molecular flexibility index (Phi) is 5.50. The predicted octanol–water partition coefficient (Wildman–Crippen LogP) is 2.93. The fourth-order valence-electron chi connectivity index (χ4n) is 1.73. The Labute approximate surface area is 136 Å². The van der Waals surface area contributed by atoms with E-state index in [1.54, 1.807) is 18.2 Å². The molecule has 0 unspecified atom stereocenters. The third kappa shape index (κ3) is 4.12. The van der Waals surface area contributed by atoms with Gasteiger partial charge >= 0.3 is 0 Å². The van der Waals surface area contributed by atoms with E-state index in [2.05, 4.69) is 15.6 Å². The fourth-order valence-corrected chi connectivity index (χ4v) is 3.11. The number of carbonyl (C=O) groups is 2. The van der Waals surface area contributed by atoms with E-state index in [0.717, 1.165) is 0 Å². The number of hydrogen-bond donors (Lipinski definition) is 2. The first-order valence-electron chi connectivity index (χ1n) is 6.27. The molecule has 1 saturated heterocycles. The molecule has 112 valence electrons. The van der Waals surface area contributed by atoms with Crippen LogP contribution in [-0.4, -0.2) is 28.8 Å². The lowest BCUT2D eigenvalue weighted by Gasteiger charge is -2.09. The highest BCUT2D eigenvalue weighted by Crippen LogP contribution is 2.30. The van der Waals surface area contributed by atoms with Crippen molar-refractivity contribution in [3.8, 4) is 0 Å². The van der Waals surface area contributed by atoms with Crippen LogP contribution < -0.4 is 10.6 Å². The van der Waals surface area contributed by atoms with Crippen LogP contribution in [0.1, 0.15) is 13.3 Å². The van der Waals surface area contributed by atoms with E-state index < -0.39 is 5.25 Å². The number of thioether (sulfide) groups is 1. The number of nitrogens with zero attached hydrogens (tertiary/aromatic N) is 1. The van der Waals surface area contributed by atoms with E-state index >= 15 is 0 Å². The third-order valence-electron chi connectivity index (χ3n) is 2.67. The molecular weight excluding hydrogens is 333 g/mol. The summed E-state index contributed by atoms with van der Waals surface area (Å²) in [6.07, 6.45) is 0.0437. The van der Waals surface area contributed by atoms with Crippen LogP contribution >= 0.6 is 35.0 Å². The van der Waals surface area contributed by atoms with Gasteiger partial charge < -0.3 is 10.6 Å². The number of hydrogen-bond acceptors (Lipinski definition) is 4. The lowest BCUT2D eigenvalue weighted by atomic mass is 10.2. The summed E-state index contributed by atoms with van der Waals surface area (Å²) in [5.74, 6) is -0.510. The fraction of sp³-hybridized carbons (Fsp3) is 0.308. The molecule has 1 aromatic rings. The third-order valence-corrected chi connectivity index (χ3v) is 4.61. The van der Waals surface area contributed by atoms with Crippen LogP contribution in [0, 0.1) is 0 Å². The van der Waals surface area contributed by atoms with Crippen LogP contribution in [0.15, 0.2) is 23.2 Å². The summed E-state index contributed by atoms with van der Waals surface area (Å²) in [6.45, 7) is 2.46. The van der Waals surface area contributed by atoms with Crippen molar-refractivity contribution < 1.29 is 9.59 Å². The maximum Gasteiger partial charge on any atom is 0.240 e. The zero-order chi connectivity index (χ0) is 15.4. The second kappa shape index (κ2) is 7.15. The van der Waals surface area contributed by atoms with Crippen molar-refractivity contribution in [2.75, 3.05) is 11.9 Å². The normalized spacial score (nSPS) is 19.7. The molecule has 1 fully saturated rings. The second-order valence-corrected chi connectivity index (χ2v) is 6.21. The van der Waals surface area contributed by atoms with Gasteiger partial charge in [-0.2, -0.15) is 0 Å². The first-order chi connectivity index (χ1) is 10.0. The SMILES string of the molecule is CCN=C1NC(=O)[C@@H](CC(=O)Nc2cccc(Cl)c2Cl)S1. The van der Waals surface area contributed by atoms with Crippen LogP contribution in [0.25, 0.3) is 0 Å². The Morgan fingerprint density at radius 1 is 1.48 bits per heavy atom. The van der Waals surface area contributed by atoms with Gasteiger partial charge in [-0.1, -0.05) is 41.0 Å². The minimum atomic E-state index is -0.478. The molecule has 0 bridgehead atoms. The van der Waals surface area contributed by atoms with Crippen molar-refractivity contribution in [2.24, 2.45) is 4.99 Å². The molecule has 1 aliphatic heterocycles. The molecule has 2 amide bonds. The summed E-state index contributed by atoms with van der Waals surface area (Å²) >= 11 is 13.1. The largest absolute Gasteiger partial charge is 0.325 e. The monoisotopic (exact) mass is 345 g/mol. The van der Waals surface area contributed by atoms with E-state index in [4.69, 9.17) is 23.2 Å². The Morgan fingerprint density at radius 2 is 2.24 bits per heavy atom. The second-order valence-electron chi connectivity index (χ2n) is 4.23. The summed E-state index contributed by atoms with van der Waals surface area (Å²) in [6, 6.07) is 4.97. The highest BCUT2D eigenvalue weighted by molar-refractivity contribution is 8.15. The number of amides is 2. The Balaban J connectivity index is 1.98. The average molecular weight is 346 g/mol. The zero-order valence-corrected chi connectivity index (χ0v) is 13.5. The number of rotatable bonds is 4. The molecule has 5 nitrogen and oxygen atoms in total. The first kappa shape index (κ1) is 16.1. The summed E-state index contributed by atoms with van der Waals surface area (Å²) in [4.78, 5) is 27.8. The molecule has 1 aromatic carbocycles. The molecule has 0 radical (unpaired) electrons. The minimum Gasteiger partial charge on any atom is -0.325 e. The van der Waals surface area contributed by atoms with Gasteiger partial charge in [-0.05, 0) is 19.1 Å². The molecule has 8 heteroatoms. The molecule has 0 aromatic heterocycles. The molecule has 1 aliphatic rings. The van der Waals surface area contributed by atoms with E-state index in [1.165, 1.54) is 11.8 Å². The van der Waals surface area contributed by atoms with E-state index in [1.807, 2.05) is 6.92 Å². The quantitative estimate of drug-likeness (QED) is 0.881. The topological polar surface area (TPSA) is 70.6 Å². The molecule has 2 rings (SSSR count). The molecule has 1 heterocycles. The Morgan fingerprint density at radius 3 is 2.95 bits per heavy atom. The number of halogens is 2. The predicted molar refractivity (Wildman–Crippen MR) is 87.2 cm³/mol. The molecule has 0 spiro atoms. The molecule has 21 heavy (non-hydrogen) atoms. The van der Waals surface area contributed by atoms with Crippen molar-refractivity contribution in [2.45, 2.75) is 18.6 Å². The van der Waals surface area contributed by atoms with E-state index in [-0.39, 0.29) is 23.3 Å².